The lowest BCUT2D eigenvalue weighted by Crippen LogP contribution is -2.23. The van der Waals surface area contributed by atoms with Crippen LogP contribution in [-0.2, 0) is 12.0 Å². The third kappa shape index (κ3) is 2.07. The largest absolute Gasteiger partial charge is 0.469 e. The molecule has 17 heavy (non-hydrogen) atoms. The second kappa shape index (κ2) is 4.14. The predicted molar refractivity (Wildman–Crippen MR) is 69.5 cm³/mol. The average Bonchev–Trinajstić information content (AvgIpc) is 2.81. The van der Waals surface area contributed by atoms with Crippen LogP contribution in [0.5, 0.6) is 0 Å². The lowest BCUT2D eigenvalue weighted by atomic mass is 10.1. The average molecular weight is 251 g/mol. The Hall–Kier alpha value is -1.36. The van der Waals surface area contributed by atoms with Crippen molar-refractivity contribution in [3.8, 4) is 11.4 Å². The van der Waals surface area contributed by atoms with Gasteiger partial charge in [-0.05, 0) is 39.1 Å². The molecule has 2 rings (SSSR count). The first-order valence-corrected chi connectivity index (χ1v) is 6.10. The van der Waals surface area contributed by atoms with Gasteiger partial charge in [0.25, 0.3) is 0 Å². The van der Waals surface area contributed by atoms with Gasteiger partial charge in [0.2, 0.25) is 0 Å². The molecule has 2 aromatic heterocycles. The summed E-state index contributed by atoms with van der Waals surface area (Å²) in [5.74, 6) is 1.78. The Morgan fingerprint density at radius 2 is 2.18 bits per heavy atom. The van der Waals surface area contributed by atoms with Crippen molar-refractivity contribution in [2.45, 2.75) is 39.7 Å². The maximum Gasteiger partial charge on any atom is 0.195 e. The Bertz CT molecular complexity index is 571. The molecule has 0 aliphatic rings. The number of nitrogens with one attached hydrogen (secondary N) is 1. The van der Waals surface area contributed by atoms with E-state index in [0.717, 1.165) is 23.6 Å². The monoisotopic (exact) mass is 251 g/mol. The van der Waals surface area contributed by atoms with Crippen LogP contribution < -0.4 is 0 Å². The Balaban J connectivity index is 2.66. The maximum absolute atomic E-state index is 5.44. The highest BCUT2D eigenvalue weighted by Crippen LogP contribution is 2.28. The second-order valence-corrected chi connectivity index (χ2v) is 5.36. The van der Waals surface area contributed by atoms with Gasteiger partial charge in [0.15, 0.2) is 10.6 Å². The molecular weight excluding hydrogens is 234 g/mol. The van der Waals surface area contributed by atoms with Gasteiger partial charge >= 0.3 is 0 Å². The van der Waals surface area contributed by atoms with E-state index < -0.39 is 0 Å². The summed E-state index contributed by atoms with van der Waals surface area (Å²) in [4.78, 5) is 0. The predicted octanol–water partition coefficient (Wildman–Crippen LogP) is 3.52. The van der Waals surface area contributed by atoms with Crippen LogP contribution in [0.1, 0.15) is 33.5 Å². The Morgan fingerprint density at radius 3 is 2.76 bits per heavy atom. The van der Waals surface area contributed by atoms with Crippen LogP contribution in [0.2, 0.25) is 0 Å². The highest BCUT2D eigenvalue weighted by molar-refractivity contribution is 7.71. The van der Waals surface area contributed by atoms with E-state index in [1.165, 1.54) is 0 Å². The van der Waals surface area contributed by atoms with E-state index >= 15 is 0 Å². The van der Waals surface area contributed by atoms with E-state index in [9.17, 15) is 0 Å². The van der Waals surface area contributed by atoms with Crippen LogP contribution in [0.4, 0.5) is 0 Å². The summed E-state index contributed by atoms with van der Waals surface area (Å²) in [6, 6.07) is 1.94. The fraction of sp³-hybridized carbons (Fsp3) is 0.500. The number of H-pyrrole nitrogens is 1. The zero-order chi connectivity index (χ0) is 12.6. The van der Waals surface area contributed by atoms with Gasteiger partial charge in [0.05, 0.1) is 11.8 Å². The molecule has 0 unspecified atom stereocenters. The molecule has 0 aromatic carbocycles. The lowest BCUT2D eigenvalue weighted by Gasteiger charge is -2.22. The number of nitrogens with zero attached hydrogens (tertiary/aromatic N) is 2. The fourth-order valence-corrected chi connectivity index (χ4v) is 2.32. The van der Waals surface area contributed by atoms with Crippen LogP contribution in [0.15, 0.2) is 16.7 Å². The molecule has 92 valence electrons. The van der Waals surface area contributed by atoms with Crippen LogP contribution in [0, 0.1) is 4.77 Å². The van der Waals surface area contributed by atoms with E-state index in [2.05, 4.69) is 37.9 Å². The molecular formula is C12H17N3OS. The summed E-state index contributed by atoms with van der Waals surface area (Å²) in [6.07, 6.45) is 2.53. The van der Waals surface area contributed by atoms with Gasteiger partial charge in [-0.1, -0.05) is 6.92 Å². The molecule has 2 aromatic rings. The van der Waals surface area contributed by atoms with Gasteiger partial charge in [-0.2, -0.15) is 5.10 Å². The smallest absolute Gasteiger partial charge is 0.195 e. The summed E-state index contributed by atoms with van der Waals surface area (Å²) in [6.45, 7) is 8.37. The van der Waals surface area contributed by atoms with Crippen molar-refractivity contribution in [3.63, 3.8) is 0 Å². The number of furan rings is 1. The van der Waals surface area contributed by atoms with Gasteiger partial charge < -0.3 is 4.42 Å². The van der Waals surface area contributed by atoms with Gasteiger partial charge in [-0.15, -0.1) is 0 Å². The molecule has 0 bridgehead atoms. The van der Waals surface area contributed by atoms with Crippen LogP contribution in [0.25, 0.3) is 11.4 Å². The molecule has 0 spiro atoms. The number of rotatable bonds is 2. The van der Waals surface area contributed by atoms with E-state index in [0.29, 0.717) is 4.77 Å². The van der Waals surface area contributed by atoms with Crippen molar-refractivity contribution >= 4 is 12.2 Å². The molecule has 0 saturated heterocycles. The lowest BCUT2D eigenvalue weighted by molar-refractivity contribution is 0.395. The van der Waals surface area contributed by atoms with Crippen molar-refractivity contribution in [2.24, 2.45) is 0 Å². The zero-order valence-corrected chi connectivity index (χ0v) is 11.4. The first kappa shape index (κ1) is 12.1. The number of aromatic amines is 1. The number of aromatic nitrogens is 3. The van der Waals surface area contributed by atoms with Gasteiger partial charge in [-0.25, -0.2) is 0 Å². The zero-order valence-electron chi connectivity index (χ0n) is 10.6. The molecule has 0 fully saturated rings. The topological polar surface area (TPSA) is 46.8 Å². The minimum absolute atomic E-state index is 0.109. The molecule has 0 amide bonds. The highest BCUT2D eigenvalue weighted by atomic mass is 32.1. The van der Waals surface area contributed by atoms with Crippen molar-refractivity contribution in [2.75, 3.05) is 0 Å². The van der Waals surface area contributed by atoms with Crippen LogP contribution in [0.3, 0.4) is 0 Å². The fourth-order valence-electron chi connectivity index (χ4n) is 1.91. The summed E-state index contributed by atoms with van der Waals surface area (Å²) in [7, 11) is 0. The van der Waals surface area contributed by atoms with E-state index in [4.69, 9.17) is 16.6 Å². The van der Waals surface area contributed by atoms with Crippen molar-refractivity contribution in [3.05, 3.63) is 22.9 Å². The first-order chi connectivity index (χ1) is 7.95. The Kier molecular flexibility index (Phi) is 2.95. The molecule has 2 heterocycles. The SMILES string of the molecule is CCc1occc1-c1n[nH]c(=S)n1C(C)(C)C. The van der Waals surface area contributed by atoms with Crippen LogP contribution in [-0.4, -0.2) is 14.8 Å². The Labute approximate surface area is 106 Å². The van der Waals surface area contributed by atoms with E-state index in [1.54, 1.807) is 6.26 Å². The molecule has 4 nitrogen and oxygen atoms in total. The Morgan fingerprint density at radius 1 is 1.47 bits per heavy atom. The summed E-state index contributed by atoms with van der Waals surface area (Å²) < 4.78 is 8.10. The van der Waals surface area contributed by atoms with Crippen molar-refractivity contribution in [1.29, 1.82) is 0 Å². The quantitative estimate of drug-likeness (QED) is 0.831. The molecule has 5 heteroatoms. The molecule has 0 saturated carbocycles. The number of hydrogen-bond donors (Lipinski definition) is 1. The number of hydrogen-bond acceptors (Lipinski definition) is 3. The molecule has 0 atom stereocenters. The maximum atomic E-state index is 5.44. The summed E-state index contributed by atoms with van der Waals surface area (Å²) in [5, 5.41) is 7.18. The van der Waals surface area contributed by atoms with Crippen molar-refractivity contribution < 1.29 is 4.42 Å². The third-order valence-corrected chi connectivity index (χ3v) is 2.92. The van der Waals surface area contributed by atoms with Gasteiger partial charge in [0.1, 0.15) is 5.76 Å². The third-order valence-electron chi connectivity index (χ3n) is 2.65. The molecule has 1 N–H and O–H groups in total. The van der Waals surface area contributed by atoms with Crippen LogP contribution >= 0.6 is 12.2 Å². The van der Waals surface area contributed by atoms with Gasteiger partial charge in [0, 0.05) is 12.0 Å². The highest BCUT2D eigenvalue weighted by Gasteiger charge is 2.22. The summed E-state index contributed by atoms with van der Waals surface area (Å²) in [5.41, 5.74) is 0.900. The van der Waals surface area contributed by atoms with E-state index in [1.807, 2.05) is 10.6 Å². The molecule has 0 radical (unpaired) electrons. The second-order valence-electron chi connectivity index (χ2n) is 4.97. The van der Waals surface area contributed by atoms with E-state index in [-0.39, 0.29) is 5.54 Å². The normalized spacial score (nSPS) is 12.0. The molecule has 0 aliphatic carbocycles. The standard InChI is InChI=1S/C12H17N3OS/c1-5-9-8(6-7-16-9)10-13-14-11(17)15(10)12(2,3)4/h6-7H,5H2,1-4H3,(H,14,17). The van der Waals surface area contributed by atoms with Gasteiger partial charge in [-0.3, -0.25) is 9.67 Å². The molecule has 0 aliphatic heterocycles. The summed E-state index contributed by atoms with van der Waals surface area (Å²) >= 11 is 5.29. The van der Waals surface area contributed by atoms with Crippen molar-refractivity contribution in [1.82, 2.24) is 14.8 Å². The number of aryl methyl sites for hydroxylation is 1. The minimum Gasteiger partial charge on any atom is -0.469 e. The minimum atomic E-state index is -0.109. The first-order valence-electron chi connectivity index (χ1n) is 5.69.